The van der Waals surface area contributed by atoms with Gasteiger partial charge in [-0.25, -0.2) is 15.0 Å². The van der Waals surface area contributed by atoms with Crippen molar-refractivity contribution in [2.24, 2.45) is 0 Å². The number of hydrogen-bond donors (Lipinski definition) is 2. The average Bonchev–Trinajstić information content (AvgIpc) is 3.17. The first-order valence-corrected chi connectivity index (χ1v) is 11.7. The number of amides is 1. The Morgan fingerprint density at radius 3 is 2.53 bits per heavy atom. The number of carbonyl (C=O) groups excluding carboxylic acids is 1. The first-order valence-electron chi connectivity index (χ1n) is 11.7. The Kier molecular flexibility index (Phi) is 6.58. The Balaban J connectivity index is 1.51. The molecule has 4 rings (SSSR count). The third-order valence-electron chi connectivity index (χ3n) is 6.37. The van der Waals surface area contributed by atoms with Crippen molar-refractivity contribution in [3.8, 4) is 0 Å². The molecule has 11 heteroatoms. The van der Waals surface area contributed by atoms with Gasteiger partial charge in [0.15, 0.2) is 5.69 Å². The number of piperidine rings is 1. The lowest BCUT2D eigenvalue weighted by Gasteiger charge is -2.35. The van der Waals surface area contributed by atoms with Crippen LogP contribution in [0.2, 0.25) is 0 Å². The number of alkyl halides is 3. The fourth-order valence-electron chi connectivity index (χ4n) is 4.73. The van der Waals surface area contributed by atoms with Crippen LogP contribution in [0, 0.1) is 0 Å². The van der Waals surface area contributed by atoms with Crippen molar-refractivity contribution in [1.29, 1.82) is 0 Å². The van der Waals surface area contributed by atoms with E-state index in [1.165, 1.54) is 6.33 Å². The maximum absolute atomic E-state index is 13.4. The number of hydrogen-bond acceptors (Lipinski definition) is 6. The van der Waals surface area contributed by atoms with Crippen LogP contribution in [0.1, 0.15) is 75.9 Å². The second kappa shape index (κ2) is 9.16. The minimum atomic E-state index is -4.47. The number of nitrogens with zero attached hydrogens (tertiary/aromatic N) is 5. The second-order valence-electron chi connectivity index (χ2n) is 10.2. The number of anilines is 2. The minimum Gasteiger partial charge on any atom is -0.356 e. The van der Waals surface area contributed by atoms with Crippen LogP contribution in [0.3, 0.4) is 0 Å². The van der Waals surface area contributed by atoms with E-state index in [4.69, 9.17) is 0 Å². The van der Waals surface area contributed by atoms with Crippen LogP contribution in [0.5, 0.6) is 0 Å². The standard InChI is InChI=1S/C23H32F3N7O/c1-14-11-17(34)31-19-18(14)21(28-13-27-19)32-8-5-15(6-9-32)20-30-16(23(24,25)26)12-33(20)10-7-29-22(2,3)4/h12-15,29H,5-11H2,1-4H3,(H,27,28,31,34)/t14-/m1/s1. The van der Waals surface area contributed by atoms with Crippen LogP contribution < -0.4 is 15.5 Å². The molecule has 4 heterocycles. The molecule has 186 valence electrons. The molecule has 1 saturated heterocycles. The molecule has 0 bridgehead atoms. The van der Waals surface area contributed by atoms with Gasteiger partial charge in [-0.3, -0.25) is 4.79 Å². The molecule has 0 aliphatic carbocycles. The molecule has 1 atom stereocenters. The average molecular weight is 480 g/mol. The van der Waals surface area contributed by atoms with Gasteiger partial charge < -0.3 is 20.1 Å². The summed E-state index contributed by atoms with van der Waals surface area (Å²) in [6.07, 6.45) is -0.176. The van der Waals surface area contributed by atoms with Crippen molar-refractivity contribution in [3.63, 3.8) is 0 Å². The zero-order valence-corrected chi connectivity index (χ0v) is 20.0. The smallest absolute Gasteiger partial charge is 0.356 e. The molecule has 2 N–H and O–H groups in total. The second-order valence-corrected chi connectivity index (χ2v) is 10.2. The van der Waals surface area contributed by atoms with E-state index in [0.29, 0.717) is 57.1 Å². The quantitative estimate of drug-likeness (QED) is 0.676. The monoisotopic (exact) mass is 479 g/mol. The molecular formula is C23H32F3N7O. The van der Waals surface area contributed by atoms with Gasteiger partial charge in [0.1, 0.15) is 23.8 Å². The summed E-state index contributed by atoms with van der Waals surface area (Å²) in [7, 11) is 0. The zero-order chi connectivity index (χ0) is 24.7. The number of rotatable bonds is 5. The maximum atomic E-state index is 13.4. The van der Waals surface area contributed by atoms with Gasteiger partial charge in [0, 0.05) is 55.8 Å². The first-order chi connectivity index (χ1) is 15.9. The predicted molar refractivity (Wildman–Crippen MR) is 123 cm³/mol. The van der Waals surface area contributed by atoms with Crippen molar-refractivity contribution >= 4 is 17.5 Å². The van der Waals surface area contributed by atoms with Crippen molar-refractivity contribution in [2.45, 2.75) is 77.1 Å². The molecule has 0 unspecified atom stereocenters. The van der Waals surface area contributed by atoms with Gasteiger partial charge >= 0.3 is 6.18 Å². The van der Waals surface area contributed by atoms with Crippen LogP contribution >= 0.6 is 0 Å². The largest absolute Gasteiger partial charge is 0.434 e. The molecule has 0 spiro atoms. The Morgan fingerprint density at radius 1 is 1.18 bits per heavy atom. The Labute approximate surface area is 197 Å². The SMILES string of the molecule is C[C@@H]1CC(=O)Nc2ncnc(N3CCC(c4nc(C(F)(F)F)cn4CCNC(C)(C)C)CC3)c21. The number of nitrogens with one attached hydrogen (secondary N) is 2. The first kappa shape index (κ1) is 24.4. The molecule has 2 aliphatic rings. The van der Waals surface area contributed by atoms with E-state index in [2.05, 4.69) is 30.5 Å². The van der Waals surface area contributed by atoms with E-state index >= 15 is 0 Å². The highest BCUT2D eigenvalue weighted by Crippen LogP contribution is 2.39. The normalized spacial score (nSPS) is 19.8. The summed E-state index contributed by atoms with van der Waals surface area (Å²) in [6, 6.07) is 0. The molecular weight excluding hydrogens is 447 g/mol. The molecule has 34 heavy (non-hydrogen) atoms. The molecule has 0 saturated carbocycles. The number of aromatic nitrogens is 4. The third-order valence-corrected chi connectivity index (χ3v) is 6.37. The summed E-state index contributed by atoms with van der Waals surface area (Å²) in [5.41, 5.74) is -0.0311. The highest BCUT2D eigenvalue weighted by atomic mass is 19.4. The van der Waals surface area contributed by atoms with Gasteiger partial charge in [-0.15, -0.1) is 0 Å². The molecule has 0 radical (unpaired) electrons. The summed E-state index contributed by atoms with van der Waals surface area (Å²) in [5, 5.41) is 6.15. The Bertz CT molecular complexity index is 1040. The van der Waals surface area contributed by atoms with Gasteiger partial charge in [-0.05, 0) is 39.5 Å². The number of fused-ring (bicyclic) bond motifs is 1. The van der Waals surface area contributed by atoms with Gasteiger partial charge in [0.05, 0.1) is 0 Å². The molecule has 1 fully saturated rings. The molecule has 0 aromatic carbocycles. The van der Waals surface area contributed by atoms with Crippen molar-refractivity contribution in [2.75, 3.05) is 29.9 Å². The lowest BCUT2D eigenvalue weighted by atomic mass is 9.92. The number of halogens is 3. The van der Waals surface area contributed by atoms with Crippen molar-refractivity contribution < 1.29 is 18.0 Å². The van der Waals surface area contributed by atoms with Crippen LogP contribution in [0.25, 0.3) is 0 Å². The lowest BCUT2D eigenvalue weighted by molar-refractivity contribution is -0.141. The van der Waals surface area contributed by atoms with E-state index in [1.807, 2.05) is 27.7 Å². The molecule has 1 amide bonds. The van der Waals surface area contributed by atoms with E-state index in [1.54, 1.807) is 4.57 Å². The van der Waals surface area contributed by atoms with Gasteiger partial charge in [0.2, 0.25) is 5.91 Å². The van der Waals surface area contributed by atoms with E-state index < -0.39 is 11.9 Å². The van der Waals surface area contributed by atoms with Gasteiger partial charge in [-0.1, -0.05) is 6.92 Å². The molecule has 8 nitrogen and oxygen atoms in total. The summed E-state index contributed by atoms with van der Waals surface area (Å²) in [5.74, 6) is 1.71. The highest BCUT2D eigenvalue weighted by molar-refractivity contribution is 5.94. The lowest BCUT2D eigenvalue weighted by Crippen LogP contribution is -2.38. The highest BCUT2D eigenvalue weighted by Gasteiger charge is 2.37. The summed E-state index contributed by atoms with van der Waals surface area (Å²) in [4.78, 5) is 26.8. The van der Waals surface area contributed by atoms with Crippen LogP contribution in [-0.2, 0) is 17.5 Å². The van der Waals surface area contributed by atoms with Crippen LogP contribution in [0.4, 0.5) is 24.8 Å². The molecule has 2 aliphatic heterocycles. The van der Waals surface area contributed by atoms with Gasteiger partial charge in [0.25, 0.3) is 0 Å². The fourth-order valence-corrected chi connectivity index (χ4v) is 4.73. The van der Waals surface area contributed by atoms with E-state index in [0.717, 1.165) is 17.6 Å². The number of carbonyl (C=O) groups is 1. The topological polar surface area (TPSA) is 88.0 Å². The molecule has 2 aromatic rings. The number of imidazole rings is 1. The summed E-state index contributed by atoms with van der Waals surface area (Å²) in [6.45, 7) is 10.3. The Hall–Kier alpha value is -2.69. The predicted octanol–water partition coefficient (Wildman–Crippen LogP) is 3.91. The van der Waals surface area contributed by atoms with Crippen LogP contribution in [0.15, 0.2) is 12.5 Å². The summed E-state index contributed by atoms with van der Waals surface area (Å²) < 4.78 is 41.9. The Morgan fingerprint density at radius 2 is 1.88 bits per heavy atom. The van der Waals surface area contributed by atoms with Crippen molar-refractivity contribution in [3.05, 3.63) is 29.6 Å². The molecule has 2 aromatic heterocycles. The van der Waals surface area contributed by atoms with E-state index in [9.17, 15) is 18.0 Å². The third kappa shape index (κ3) is 5.34. The zero-order valence-electron chi connectivity index (χ0n) is 20.0. The van der Waals surface area contributed by atoms with Gasteiger partial charge in [-0.2, -0.15) is 13.2 Å². The van der Waals surface area contributed by atoms with E-state index in [-0.39, 0.29) is 23.3 Å². The maximum Gasteiger partial charge on any atom is 0.434 e. The summed E-state index contributed by atoms with van der Waals surface area (Å²) >= 11 is 0. The minimum absolute atomic E-state index is 0.00114. The fraction of sp³-hybridized carbons (Fsp3) is 0.652. The van der Waals surface area contributed by atoms with Crippen molar-refractivity contribution in [1.82, 2.24) is 24.8 Å². The van der Waals surface area contributed by atoms with Crippen LogP contribution in [-0.4, -0.2) is 50.6 Å².